The average Bonchev–Trinajstić information content (AvgIpc) is 3.67. The Morgan fingerprint density at radius 2 is 0.766 bits per heavy atom. The lowest BCUT2D eigenvalue weighted by Crippen LogP contribution is -2.28. The molecule has 0 unspecified atom stereocenters. The summed E-state index contributed by atoms with van der Waals surface area (Å²) in [5, 5.41) is 4.90. The van der Waals surface area contributed by atoms with Crippen LogP contribution in [-0.2, 0) is 5.41 Å². The third kappa shape index (κ3) is 6.08. The van der Waals surface area contributed by atoms with E-state index < -0.39 is 5.41 Å². The molecule has 300 valence electrons. The quantitative estimate of drug-likeness (QED) is 0.148. The van der Waals surface area contributed by atoms with E-state index in [1.165, 1.54) is 82.7 Å². The number of hydrogen-bond acceptors (Lipinski definition) is 1. The third-order valence-electron chi connectivity index (χ3n) is 13.3. The molecule has 0 amide bonds. The summed E-state index contributed by atoms with van der Waals surface area (Å²) in [7, 11) is 0. The van der Waals surface area contributed by atoms with Gasteiger partial charge in [0.2, 0.25) is 0 Å². The fourth-order valence-corrected chi connectivity index (χ4v) is 10.5. The molecule has 0 aliphatic heterocycles. The number of nitrogens with zero attached hydrogens (tertiary/aromatic N) is 1. The lowest BCUT2D eigenvalue weighted by molar-refractivity contribution is 0.769. The van der Waals surface area contributed by atoms with E-state index in [4.69, 9.17) is 0 Å². The molecule has 0 atom stereocenters. The molecular weight excluding hydrogens is 771 g/mol. The zero-order chi connectivity index (χ0) is 42.5. The topological polar surface area (TPSA) is 3.24 Å². The van der Waals surface area contributed by atoms with Gasteiger partial charge in [0.05, 0.1) is 16.8 Å². The van der Waals surface area contributed by atoms with Crippen molar-refractivity contribution in [3.63, 3.8) is 0 Å². The summed E-state index contributed by atoms with van der Waals surface area (Å²) in [5.74, 6) is 0. The number of rotatable bonds is 8. The molecular formula is C63H43N. The molecule has 0 radical (unpaired) electrons. The Kier molecular flexibility index (Phi) is 9.13. The molecule has 0 N–H and O–H groups in total. The van der Waals surface area contributed by atoms with Crippen molar-refractivity contribution in [1.82, 2.24) is 0 Å². The molecule has 0 heterocycles. The highest BCUT2D eigenvalue weighted by atomic mass is 15.1. The Hall–Kier alpha value is -8.26. The van der Waals surface area contributed by atoms with Crippen LogP contribution >= 0.6 is 0 Å². The van der Waals surface area contributed by atoms with Crippen molar-refractivity contribution in [2.75, 3.05) is 4.90 Å². The van der Waals surface area contributed by atoms with E-state index in [-0.39, 0.29) is 0 Å². The van der Waals surface area contributed by atoms with Gasteiger partial charge >= 0.3 is 0 Å². The van der Waals surface area contributed by atoms with Crippen molar-refractivity contribution in [2.24, 2.45) is 0 Å². The largest absolute Gasteiger partial charge is 0.309 e. The summed E-state index contributed by atoms with van der Waals surface area (Å²) in [6, 6.07) is 95.8. The number of anilines is 3. The molecule has 64 heavy (non-hydrogen) atoms. The molecule has 1 aliphatic rings. The average molecular weight is 814 g/mol. The van der Waals surface area contributed by atoms with Gasteiger partial charge < -0.3 is 4.90 Å². The molecule has 0 bridgehead atoms. The standard InChI is InChI=1S/C63H43N/c1-3-24-50(25-4-1)63(51-26-5-2-6-27-51)59-33-13-11-31-57(59)58-41-38-47(43-60(58)63)44-36-39-52(40-37-44)64(62-35-17-21-46-19-8-10-29-55(46)62)61-34-14-12-30-56(61)49-23-15-22-48(42-49)54-32-16-20-45-18-7-9-28-53(45)54/h1-43H. The van der Waals surface area contributed by atoms with Gasteiger partial charge in [-0.05, 0) is 114 Å². The molecule has 1 heteroatoms. The van der Waals surface area contributed by atoms with E-state index in [1.807, 2.05) is 0 Å². The Labute approximate surface area is 374 Å². The Morgan fingerprint density at radius 1 is 0.266 bits per heavy atom. The highest BCUT2D eigenvalue weighted by Gasteiger charge is 2.46. The summed E-state index contributed by atoms with van der Waals surface area (Å²) in [6.07, 6.45) is 0. The van der Waals surface area contributed by atoms with Crippen LogP contribution < -0.4 is 4.90 Å². The monoisotopic (exact) mass is 813 g/mol. The summed E-state index contributed by atoms with van der Waals surface area (Å²) < 4.78 is 0. The van der Waals surface area contributed by atoms with Gasteiger partial charge in [0.1, 0.15) is 0 Å². The van der Waals surface area contributed by atoms with Gasteiger partial charge in [-0.15, -0.1) is 0 Å². The molecule has 0 fully saturated rings. The van der Waals surface area contributed by atoms with Crippen LogP contribution in [0.25, 0.3) is 66.1 Å². The minimum Gasteiger partial charge on any atom is -0.309 e. The summed E-state index contributed by atoms with van der Waals surface area (Å²) in [4.78, 5) is 2.45. The Morgan fingerprint density at radius 3 is 1.52 bits per heavy atom. The highest BCUT2D eigenvalue weighted by molar-refractivity contribution is 6.02. The maximum atomic E-state index is 2.45. The van der Waals surface area contributed by atoms with Crippen LogP contribution in [0, 0.1) is 0 Å². The molecule has 0 aromatic heterocycles. The van der Waals surface area contributed by atoms with Gasteiger partial charge in [-0.2, -0.15) is 0 Å². The van der Waals surface area contributed by atoms with Crippen LogP contribution in [-0.4, -0.2) is 0 Å². The van der Waals surface area contributed by atoms with Crippen LogP contribution in [0.3, 0.4) is 0 Å². The first-order valence-electron chi connectivity index (χ1n) is 22.2. The van der Waals surface area contributed by atoms with Crippen LogP contribution in [0.1, 0.15) is 22.3 Å². The SMILES string of the molecule is c1ccc(C2(c3ccccc3)c3ccccc3-c3ccc(-c4ccc(N(c5ccccc5-c5cccc(-c6cccc7ccccc67)c5)c5cccc6ccccc56)cc4)cc32)cc1. The first-order chi connectivity index (χ1) is 31.8. The fourth-order valence-electron chi connectivity index (χ4n) is 10.5. The first kappa shape index (κ1) is 37.5. The van der Waals surface area contributed by atoms with E-state index >= 15 is 0 Å². The van der Waals surface area contributed by atoms with Gasteiger partial charge in [-0.1, -0.05) is 224 Å². The van der Waals surface area contributed by atoms with Crippen molar-refractivity contribution in [3.05, 3.63) is 283 Å². The lowest BCUT2D eigenvalue weighted by atomic mass is 9.67. The second-order valence-electron chi connectivity index (χ2n) is 16.8. The van der Waals surface area contributed by atoms with Crippen molar-refractivity contribution < 1.29 is 0 Å². The van der Waals surface area contributed by atoms with Gasteiger partial charge in [-0.3, -0.25) is 0 Å². The van der Waals surface area contributed by atoms with Crippen LogP contribution in [0.2, 0.25) is 0 Å². The van der Waals surface area contributed by atoms with Crippen molar-refractivity contribution in [1.29, 1.82) is 0 Å². The maximum absolute atomic E-state index is 2.45. The first-order valence-corrected chi connectivity index (χ1v) is 22.2. The molecule has 11 aromatic carbocycles. The van der Waals surface area contributed by atoms with Crippen molar-refractivity contribution >= 4 is 38.6 Å². The molecule has 1 nitrogen and oxygen atoms in total. The van der Waals surface area contributed by atoms with Crippen LogP contribution in [0.5, 0.6) is 0 Å². The summed E-state index contributed by atoms with van der Waals surface area (Å²) in [6.45, 7) is 0. The Balaban J connectivity index is 1.00. The molecule has 1 aliphatic carbocycles. The van der Waals surface area contributed by atoms with E-state index in [9.17, 15) is 0 Å². The minimum absolute atomic E-state index is 0.454. The van der Waals surface area contributed by atoms with Crippen molar-refractivity contribution in [3.8, 4) is 44.5 Å². The molecule has 11 aromatic rings. The number of para-hydroxylation sites is 1. The zero-order valence-corrected chi connectivity index (χ0v) is 35.3. The number of benzene rings is 11. The van der Waals surface area contributed by atoms with Gasteiger partial charge in [0.15, 0.2) is 0 Å². The molecule has 0 saturated carbocycles. The second-order valence-corrected chi connectivity index (χ2v) is 16.8. The summed E-state index contributed by atoms with van der Waals surface area (Å²) in [5.41, 5.74) is 17.8. The maximum Gasteiger partial charge on any atom is 0.0713 e. The van der Waals surface area contributed by atoms with Crippen LogP contribution in [0.15, 0.2) is 261 Å². The van der Waals surface area contributed by atoms with Crippen molar-refractivity contribution in [2.45, 2.75) is 5.41 Å². The normalized spacial score (nSPS) is 12.5. The molecule has 0 spiro atoms. The van der Waals surface area contributed by atoms with Gasteiger partial charge in [-0.25, -0.2) is 0 Å². The lowest BCUT2D eigenvalue weighted by Gasteiger charge is -2.34. The predicted octanol–water partition coefficient (Wildman–Crippen LogP) is 16.8. The fraction of sp³-hybridized carbons (Fsp3) is 0.0159. The van der Waals surface area contributed by atoms with Crippen LogP contribution in [0.4, 0.5) is 17.1 Å². The number of hydrogen-bond donors (Lipinski definition) is 0. The van der Waals surface area contributed by atoms with E-state index in [0.717, 1.165) is 22.6 Å². The molecule has 12 rings (SSSR count). The zero-order valence-electron chi connectivity index (χ0n) is 35.3. The van der Waals surface area contributed by atoms with E-state index in [1.54, 1.807) is 0 Å². The third-order valence-corrected chi connectivity index (χ3v) is 13.3. The second kappa shape index (κ2) is 15.6. The smallest absolute Gasteiger partial charge is 0.0713 e. The van der Waals surface area contributed by atoms with Gasteiger partial charge in [0.25, 0.3) is 0 Å². The van der Waals surface area contributed by atoms with E-state index in [0.29, 0.717) is 0 Å². The van der Waals surface area contributed by atoms with E-state index in [2.05, 4.69) is 266 Å². The molecule has 0 saturated heterocycles. The minimum atomic E-state index is -0.454. The Bertz CT molecular complexity index is 3440. The predicted molar refractivity (Wildman–Crippen MR) is 270 cm³/mol. The highest BCUT2D eigenvalue weighted by Crippen LogP contribution is 2.57. The summed E-state index contributed by atoms with van der Waals surface area (Å²) >= 11 is 0. The number of fused-ring (bicyclic) bond motifs is 5. The van der Waals surface area contributed by atoms with Gasteiger partial charge in [0, 0.05) is 16.6 Å².